The number of para-hydroxylation sites is 1. The Labute approximate surface area is 98.3 Å². The van der Waals surface area contributed by atoms with E-state index in [1.807, 2.05) is 54.6 Å². The molecule has 0 bridgehead atoms. The Bertz CT molecular complexity index is 632. The van der Waals surface area contributed by atoms with Crippen LogP contribution in [-0.2, 0) is 0 Å². The first-order chi connectivity index (χ1) is 8.43. The highest BCUT2D eigenvalue weighted by atomic mass is 15.3. The van der Waals surface area contributed by atoms with E-state index in [4.69, 9.17) is 0 Å². The predicted molar refractivity (Wildman–Crippen MR) is 67.1 cm³/mol. The fraction of sp³-hybridized carbons (Fsp3) is 0. The second-order valence-corrected chi connectivity index (χ2v) is 3.65. The molecular formula is C13H10N4. The van der Waals surface area contributed by atoms with Gasteiger partial charge in [0.2, 0.25) is 0 Å². The van der Waals surface area contributed by atoms with Crippen LogP contribution < -0.4 is 5.32 Å². The van der Waals surface area contributed by atoms with Gasteiger partial charge in [-0.2, -0.15) is 0 Å². The summed E-state index contributed by atoms with van der Waals surface area (Å²) >= 11 is 0. The van der Waals surface area contributed by atoms with Crippen LogP contribution in [0.2, 0.25) is 0 Å². The highest BCUT2D eigenvalue weighted by Crippen LogP contribution is 2.21. The summed E-state index contributed by atoms with van der Waals surface area (Å²) in [5.41, 5.74) is 1.82. The highest BCUT2D eigenvalue weighted by molar-refractivity contribution is 5.89. The van der Waals surface area contributed by atoms with Crippen LogP contribution in [-0.4, -0.2) is 15.4 Å². The Morgan fingerprint density at radius 1 is 0.765 bits per heavy atom. The van der Waals surface area contributed by atoms with Crippen LogP contribution >= 0.6 is 0 Å². The van der Waals surface area contributed by atoms with Crippen LogP contribution in [0.25, 0.3) is 10.9 Å². The van der Waals surface area contributed by atoms with Crippen molar-refractivity contribution in [2.24, 2.45) is 0 Å². The normalized spacial score (nSPS) is 10.4. The number of nitrogens with zero attached hydrogens (tertiary/aromatic N) is 3. The van der Waals surface area contributed by atoms with E-state index in [1.54, 1.807) is 0 Å². The average Bonchev–Trinajstić information content (AvgIpc) is 2.40. The van der Waals surface area contributed by atoms with Gasteiger partial charge in [-0.1, -0.05) is 30.3 Å². The monoisotopic (exact) mass is 222 g/mol. The van der Waals surface area contributed by atoms with E-state index in [0.717, 1.165) is 22.4 Å². The lowest BCUT2D eigenvalue weighted by Gasteiger charge is -2.06. The van der Waals surface area contributed by atoms with E-state index in [2.05, 4.69) is 20.7 Å². The Balaban J connectivity index is 2.06. The van der Waals surface area contributed by atoms with Crippen molar-refractivity contribution in [3.63, 3.8) is 0 Å². The molecule has 0 aliphatic heterocycles. The summed E-state index contributed by atoms with van der Waals surface area (Å²) in [4.78, 5) is 0. The molecule has 2 aromatic carbocycles. The quantitative estimate of drug-likeness (QED) is 0.724. The van der Waals surface area contributed by atoms with Crippen LogP contribution in [0.3, 0.4) is 0 Å². The van der Waals surface area contributed by atoms with Gasteiger partial charge < -0.3 is 5.32 Å². The highest BCUT2D eigenvalue weighted by Gasteiger charge is 2.03. The standard InChI is InChI=1S/C13H10N4/c1-2-6-10(7-3-1)14-13-11-8-4-5-9-12(11)15-17-16-13/h1-9H,(H,14,15,16). The lowest BCUT2D eigenvalue weighted by molar-refractivity contribution is 0.900. The SMILES string of the molecule is c1ccc(Nc2nnnc3ccccc23)cc1. The van der Waals surface area contributed by atoms with Crippen molar-refractivity contribution in [1.29, 1.82) is 0 Å². The molecule has 0 fully saturated rings. The van der Waals surface area contributed by atoms with Crippen LogP contribution in [0.1, 0.15) is 0 Å². The number of nitrogens with one attached hydrogen (secondary N) is 1. The molecule has 0 aliphatic carbocycles. The van der Waals surface area contributed by atoms with Gasteiger partial charge in [-0.15, -0.1) is 10.2 Å². The van der Waals surface area contributed by atoms with Gasteiger partial charge in [0.1, 0.15) is 0 Å². The summed E-state index contributed by atoms with van der Waals surface area (Å²) in [6.45, 7) is 0. The minimum atomic E-state index is 0.724. The van der Waals surface area contributed by atoms with Gasteiger partial charge in [-0.25, -0.2) is 0 Å². The molecule has 3 rings (SSSR count). The van der Waals surface area contributed by atoms with E-state index in [-0.39, 0.29) is 0 Å². The smallest absolute Gasteiger partial charge is 0.164 e. The zero-order valence-corrected chi connectivity index (χ0v) is 9.04. The average molecular weight is 222 g/mol. The third-order valence-electron chi connectivity index (χ3n) is 2.49. The summed E-state index contributed by atoms with van der Waals surface area (Å²) in [5.74, 6) is 0.724. The van der Waals surface area contributed by atoms with Gasteiger partial charge in [0, 0.05) is 11.1 Å². The van der Waals surface area contributed by atoms with Gasteiger partial charge in [0.15, 0.2) is 5.82 Å². The number of hydrogen-bond donors (Lipinski definition) is 1. The number of anilines is 2. The molecule has 0 saturated carbocycles. The molecule has 0 aliphatic rings. The second kappa shape index (κ2) is 4.17. The van der Waals surface area contributed by atoms with Crippen LogP contribution in [0.15, 0.2) is 54.6 Å². The molecule has 1 aromatic heterocycles. The van der Waals surface area contributed by atoms with Gasteiger partial charge in [-0.05, 0) is 29.5 Å². The van der Waals surface area contributed by atoms with Crippen LogP contribution in [0.4, 0.5) is 11.5 Å². The summed E-state index contributed by atoms with van der Waals surface area (Å²) in [7, 11) is 0. The van der Waals surface area contributed by atoms with Gasteiger partial charge in [0.25, 0.3) is 0 Å². The van der Waals surface area contributed by atoms with Gasteiger partial charge in [-0.3, -0.25) is 0 Å². The molecule has 4 heteroatoms. The molecule has 0 saturated heterocycles. The first-order valence-electron chi connectivity index (χ1n) is 5.34. The number of benzene rings is 2. The number of rotatable bonds is 2. The number of aromatic nitrogens is 3. The van der Waals surface area contributed by atoms with Crippen LogP contribution in [0.5, 0.6) is 0 Å². The van der Waals surface area contributed by atoms with Crippen molar-refractivity contribution < 1.29 is 0 Å². The predicted octanol–water partition coefficient (Wildman–Crippen LogP) is 2.77. The summed E-state index contributed by atoms with van der Waals surface area (Å²) in [5, 5.41) is 16.0. The molecule has 0 atom stereocenters. The maximum atomic E-state index is 4.03. The first-order valence-corrected chi connectivity index (χ1v) is 5.34. The van der Waals surface area contributed by atoms with E-state index < -0.39 is 0 Å². The summed E-state index contributed by atoms with van der Waals surface area (Å²) in [6, 6.07) is 17.7. The molecule has 0 unspecified atom stereocenters. The first kappa shape index (κ1) is 9.72. The third-order valence-corrected chi connectivity index (χ3v) is 2.49. The van der Waals surface area contributed by atoms with Crippen molar-refractivity contribution >= 4 is 22.4 Å². The summed E-state index contributed by atoms with van der Waals surface area (Å²) < 4.78 is 0. The third kappa shape index (κ3) is 1.92. The molecular weight excluding hydrogens is 212 g/mol. The summed E-state index contributed by atoms with van der Waals surface area (Å²) in [6.07, 6.45) is 0. The Kier molecular flexibility index (Phi) is 2.38. The Hall–Kier alpha value is -2.49. The minimum absolute atomic E-state index is 0.724. The molecule has 82 valence electrons. The molecule has 1 heterocycles. The van der Waals surface area contributed by atoms with Crippen molar-refractivity contribution in [2.45, 2.75) is 0 Å². The topological polar surface area (TPSA) is 50.7 Å². The molecule has 4 nitrogen and oxygen atoms in total. The lowest BCUT2D eigenvalue weighted by atomic mass is 10.2. The van der Waals surface area contributed by atoms with E-state index >= 15 is 0 Å². The molecule has 1 N–H and O–H groups in total. The van der Waals surface area contributed by atoms with Gasteiger partial charge in [0.05, 0.1) is 5.52 Å². The maximum Gasteiger partial charge on any atom is 0.164 e. The van der Waals surface area contributed by atoms with Crippen molar-refractivity contribution in [1.82, 2.24) is 15.4 Å². The fourth-order valence-corrected chi connectivity index (χ4v) is 1.68. The second-order valence-electron chi connectivity index (χ2n) is 3.65. The maximum absolute atomic E-state index is 4.03. The van der Waals surface area contributed by atoms with Crippen molar-refractivity contribution in [3.8, 4) is 0 Å². The largest absolute Gasteiger partial charge is 0.338 e. The molecule has 0 spiro atoms. The Morgan fingerprint density at radius 3 is 2.41 bits per heavy atom. The fourth-order valence-electron chi connectivity index (χ4n) is 1.68. The zero-order chi connectivity index (χ0) is 11.5. The molecule has 0 amide bonds. The Morgan fingerprint density at radius 2 is 1.53 bits per heavy atom. The number of hydrogen-bond acceptors (Lipinski definition) is 4. The molecule has 17 heavy (non-hydrogen) atoms. The zero-order valence-electron chi connectivity index (χ0n) is 9.04. The lowest BCUT2D eigenvalue weighted by Crippen LogP contribution is -1.98. The van der Waals surface area contributed by atoms with Crippen molar-refractivity contribution in [3.05, 3.63) is 54.6 Å². The van der Waals surface area contributed by atoms with E-state index in [1.165, 1.54) is 0 Å². The van der Waals surface area contributed by atoms with E-state index in [0.29, 0.717) is 0 Å². The molecule has 3 aromatic rings. The van der Waals surface area contributed by atoms with Crippen molar-refractivity contribution in [2.75, 3.05) is 5.32 Å². The van der Waals surface area contributed by atoms with Gasteiger partial charge >= 0.3 is 0 Å². The molecule has 0 radical (unpaired) electrons. The van der Waals surface area contributed by atoms with E-state index in [9.17, 15) is 0 Å². The number of fused-ring (bicyclic) bond motifs is 1. The van der Waals surface area contributed by atoms with Crippen LogP contribution in [0, 0.1) is 0 Å². The minimum Gasteiger partial charge on any atom is -0.338 e.